The third-order valence-electron chi connectivity index (χ3n) is 3.85. The van der Waals surface area contributed by atoms with Crippen LogP contribution in [0.5, 0.6) is 5.88 Å². The first-order valence-electron chi connectivity index (χ1n) is 7.54. The molecular weight excluding hydrogens is 357 g/mol. The second-order valence-electron chi connectivity index (χ2n) is 5.69. The number of hydrogen-bond donors (Lipinski definition) is 0. The monoisotopic (exact) mass is 370 g/mol. The average molecular weight is 371 g/mol. The van der Waals surface area contributed by atoms with Crippen LogP contribution in [0.2, 0.25) is 5.02 Å². The van der Waals surface area contributed by atoms with Crippen molar-refractivity contribution in [3.63, 3.8) is 0 Å². The third kappa shape index (κ3) is 4.22. The Balaban J connectivity index is 1.53. The highest BCUT2D eigenvalue weighted by atomic mass is 35.5. The molecule has 1 saturated heterocycles. The number of benzene rings is 1. The molecule has 0 saturated carbocycles. The zero-order valence-electron chi connectivity index (χ0n) is 13.0. The molecule has 1 fully saturated rings. The Morgan fingerprint density at radius 1 is 1.28 bits per heavy atom. The normalized spacial score (nSPS) is 15.0. The number of amides is 1. The van der Waals surface area contributed by atoms with Crippen molar-refractivity contribution in [3.8, 4) is 5.88 Å². The van der Waals surface area contributed by atoms with E-state index >= 15 is 0 Å². The molecule has 8 heteroatoms. The number of rotatable bonds is 4. The Labute approximate surface area is 147 Å². The Kier molecular flexibility index (Phi) is 4.85. The molecule has 0 radical (unpaired) electrons. The van der Waals surface area contributed by atoms with Crippen LogP contribution in [-0.2, 0) is 17.4 Å². The number of ether oxygens (including phenoxy) is 1. The number of likely N-dealkylation sites (tertiary alicyclic amines) is 1. The number of alkyl halides is 3. The summed E-state index contributed by atoms with van der Waals surface area (Å²) < 4.78 is 43.4. The Morgan fingerprint density at radius 3 is 2.68 bits per heavy atom. The predicted octanol–water partition coefficient (Wildman–Crippen LogP) is 3.59. The van der Waals surface area contributed by atoms with Crippen LogP contribution >= 0.6 is 11.6 Å². The summed E-state index contributed by atoms with van der Waals surface area (Å²) in [5.74, 6) is -0.206. The molecule has 1 aliphatic heterocycles. The minimum atomic E-state index is -4.45. The van der Waals surface area contributed by atoms with Gasteiger partial charge in [-0.1, -0.05) is 29.8 Å². The standard InChI is InChI=1S/C17H14ClF3N2O2/c18-14-4-2-1-3-11(14)7-16(24)23-9-13(10-23)25-15-8-12(5-6-22-15)17(19,20)21/h1-6,8,13H,7,9-10H2. The molecule has 1 aromatic heterocycles. The number of halogens is 4. The van der Waals surface area contributed by atoms with Gasteiger partial charge < -0.3 is 9.64 Å². The fourth-order valence-electron chi connectivity index (χ4n) is 2.45. The summed E-state index contributed by atoms with van der Waals surface area (Å²) in [6.45, 7) is 0.614. The van der Waals surface area contributed by atoms with Gasteiger partial charge in [0.25, 0.3) is 0 Å². The van der Waals surface area contributed by atoms with Crippen molar-refractivity contribution in [1.29, 1.82) is 0 Å². The highest BCUT2D eigenvalue weighted by molar-refractivity contribution is 6.31. The van der Waals surface area contributed by atoms with E-state index in [1.807, 2.05) is 0 Å². The molecule has 3 rings (SSSR count). The molecule has 1 aromatic carbocycles. The Morgan fingerprint density at radius 2 is 2.00 bits per heavy atom. The lowest BCUT2D eigenvalue weighted by atomic mass is 10.1. The summed E-state index contributed by atoms with van der Waals surface area (Å²) in [5, 5.41) is 0.525. The predicted molar refractivity (Wildman–Crippen MR) is 85.4 cm³/mol. The summed E-state index contributed by atoms with van der Waals surface area (Å²) in [7, 11) is 0. The molecule has 2 heterocycles. The number of carbonyl (C=O) groups excluding carboxylic acids is 1. The quantitative estimate of drug-likeness (QED) is 0.826. The first-order valence-corrected chi connectivity index (χ1v) is 7.92. The zero-order valence-corrected chi connectivity index (χ0v) is 13.7. The van der Waals surface area contributed by atoms with Crippen molar-refractivity contribution in [3.05, 3.63) is 58.7 Å². The van der Waals surface area contributed by atoms with Crippen LogP contribution in [0.25, 0.3) is 0 Å². The van der Waals surface area contributed by atoms with E-state index in [0.29, 0.717) is 18.1 Å². The van der Waals surface area contributed by atoms with Gasteiger partial charge in [0.1, 0.15) is 6.10 Å². The van der Waals surface area contributed by atoms with Crippen LogP contribution in [0.1, 0.15) is 11.1 Å². The fraction of sp³-hybridized carbons (Fsp3) is 0.294. The van der Waals surface area contributed by atoms with Gasteiger partial charge in [-0.3, -0.25) is 4.79 Å². The van der Waals surface area contributed by atoms with Crippen LogP contribution in [-0.4, -0.2) is 35.0 Å². The summed E-state index contributed by atoms with van der Waals surface area (Å²) in [6, 6.07) is 8.81. The first-order chi connectivity index (χ1) is 11.8. The van der Waals surface area contributed by atoms with Crippen molar-refractivity contribution in [2.24, 2.45) is 0 Å². The molecule has 0 atom stereocenters. The molecule has 0 N–H and O–H groups in total. The van der Waals surface area contributed by atoms with Gasteiger partial charge in [0.05, 0.1) is 25.1 Å². The molecule has 2 aromatic rings. The molecule has 4 nitrogen and oxygen atoms in total. The van der Waals surface area contributed by atoms with E-state index in [1.54, 1.807) is 29.2 Å². The van der Waals surface area contributed by atoms with Crippen molar-refractivity contribution in [1.82, 2.24) is 9.88 Å². The van der Waals surface area contributed by atoms with Crippen molar-refractivity contribution in [2.45, 2.75) is 18.7 Å². The summed E-state index contributed by atoms with van der Waals surface area (Å²) in [4.78, 5) is 17.5. The SMILES string of the molecule is O=C(Cc1ccccc1Cl)N1CC(Oc2cc(C(F)(F)F)ccn2)C1. The van der Waals surface area contributed by atoms with Crippen LogP contribution in [0, 0.1) is 0 Å². The number of hydrogen-bond acceptors (Lipinski definition) is 3. The van der Waals surface area contributed by atoms with Gasteiger partial charge in [-0.2, -0.15) is 13.2 Å². The maximum absolute atomic E-state index is 12.7. The minimum Gasteiger partial charge on any atom is -0.471 e. The van der Waals surface area contributed by atoms with E-state index in [2.05, 4.69) is 4.98 Å². The topological polar surface area (TPSA) is 42.4 Å². The Bertz CT molecular complexity index is 776. The van der Waals surface area contributed by atoms with Gasteiger partial charge in [0, 0.05) is 17.3 Å². The molecular formula is C17H14ClF3N2O2. The summed E-state index contributed by atoms with van der Waals surface area (Å²) >= 11 is 6.03. The van der Waals surface area contributed by atoms with E-state index in [-0.39, 0.29) is 24.3 Å². The molecule has 0 spiro atoms. The summed E-state index contributed by atoms with van der Waals surface area (Å²) in [6.07, 6.45) is -3.59. The van der Waals surface area contributed by atoms with Crippen LogP contribution < -0.4 is 4.74 Å². The maximum Gasteiger partial charge on any atom is 0.416 e. The van der Waals surface area contributed by atoms with Gasteiger partial charge in [-0.25, -0.2) is 4.98 Å². The van der Waals surface area contributed by atoms with Crippen LogP contribution in [0.4, 0.5) is 13.2 Å². The molecule has 0 bridgehead atoms. The molecule has 0 aliphatic carbocycles. The smallest absolute Gasteiger partial charge is 0.416 e. The maximum atomic E-state index is 12.7. The lowest BCUT2D eigenvalue weighted by Crippen LogP contribution is -2.56. The average Bonchev–Trinajstić information content (AvgIpc) is 2.52. The molecule has 0 unspecified atom stereocenters. The van der Waals surface area contributed by atoms with Gasteiger partial charge in [0.2, 0.25) is 11.8 Å². The third-order valence-corrected chi connectivity index (χ3v) is 4.22. The number of nitrogens with zero attached hydrogens (tertiary/aromatic N) is 2. The Hall–Kier alpha value is -2.28. The first kappa shape index (κ1) is 17.5. The molecule has 25 heavy (non-hydrogen) atoms. The molecule has 132 valence electrons. The number of carbonyl (C=O) groups is 1. The van der Waals surface area contributed by atoms with E-state index in [1.165, 1.54) is 0 Å². The van der Waals surface area contributed by atoms with E-state index < -0.39 is 11.7 Å². The highest BCUT2D eigenvalue weighted by Crippen LogP contribution is 2.31. The fourth-order valence-corrected chi connectivity index (χ4v) is 2.66. The lowest BCUT2D eigenvalue weighted by molar-refractivity contribution is -0.139. The highest BCUT2D eigenvalue weighted by Gasteiger charge is 2.34. The van der Waals surface area contributed by atoms with E-state index in [0.717, 1.165) is 23.9 Å². The van der Waals surface area contributed by atoms with Crippen molar-refractivity contribution in [2.75, 3.05) is 13.1 Å². The van der Waals surface area contributed by atoms with Crippen LogP contribution in [0.3, 0.4) is 0 Å². The van der Waals surface area contributed by atoms with Gasteiger partial charge in [-0.15, -0.1) is 0 Å². The molecule has 1 amide bonds. The van der Waals surface area contributed by atoms with Gasteiger partial charge in [-0.05, 0) is 17.7 Å². The van der Waals surface area contributed by atoms with Crippen molar-refractivity contribution < 1.29 is 22.7 Å². The second kappa shape index (κ2) is 6.92. The lowest BCUT2D eigenvalue weighted by Gasteiger charge is -2.38. The van der Waals surface area contributed by atoms with E-state index in [9.17, 15) is 18.0 Å². The zero-order chi connectivity index (χ0) is 18.0. The van der Waals surface area contributed by atoms with Gasteiger partial charge in [0.15, 0.2) is 0 Å². The minimum absolute atomic E-state index is 0.0990. The second-order valence-corrected chi connectivity index (χ2v) is 6.09. The van der Waals surface area contributed by atoms with E-state index in [4.69, 9.17) is 16.3 Å². The summed E-state index contributed by atoms with van der Waals surface area (Å²) in [5.41, 5.74) is -0.0819. The number of aromatic nitrogens is 1. The van der Waals surface area contributed by atoms with Crippen LogP contribution in [0.15, 0.2) is 42.6 Å². The van der Waals surface area contributed by atoms with Gasteiger partial charge >= 0.3 is 6.18 Å². The largest absolute Gasteiger partial charge is 0.471 e. The number of pyridine rings is 1. The molecule has 1 aliphatic rings. The van der Waals surface area contributed by atoms with Crippen molar-refractivity contribution >= 4 is 17.5 Å².